The number of anilines is 1. The largest absolute Gasteiger partial charge is 0.480 e. The molecule has 0 heterocycles. The van der Waals surface area contributed by atoms with Gasteiger partial charge in [0.2, 0.25) is 10.0 Å². The molecule has 116 valence electrons. The summed E-state index contributed by atoms with van der Waals surface area (Å²) in [6.07, 6.45) is 0. The molecule has 0 aliphatic carbocycles. The zero-order valence-electron chi connectivity index (χ0n) is 11.4. The summed E-state index contributed by atoms with van der Waals surface area (Å²) in [5, 5.41) is 9.65. The van der Waals surface area contributed by atoms with E-state index in [1.165, 1.54) is 18.2 Å². The number of nitrogens with one attached hydrogen (secondary N) is 2. The van der Waals surface area contributed by atoms with Gasteiger partial charge in [-0.2, -0.15) is 0 Å². The van der Waals surface area contributed by atoms with E-state index >= 15 is 0 Å². The highest BCUT2D eigenvalue weighted by atomic mass is 32.2. The summed E-state index contributed by atoms with van der Waals surface area (Å²) in [6, 6.07) is 5.90. The lowest BCUT2D eigenvalue weighted by molar-refractivity contribution is -0.136. The van der Waals surface area contributed by atoms with Gasteiger partial charge in [0, 0.05) is 13.1 Å². The van der Waals surface area contributed by atoms with Crippen LogP contribution in [0.5, 0.6) is 0 Å². The van der Waals surface area contributed by atoms with Crippen molar-refractivity contribution < 1.29 is 23.1 Å². The molecule has 1 aromatic carbocycles. The number of nitrogens with two attached hydrogens (primary N) is 1. The molecule has 21 heavy (non-hydrogen) atoms. The van der Waals surface area contributed by atoms with Gasteiger partial charge in [-0.05, 0) is 19.1 Å². The number of amides is 1. The van der Waals surface area contributed by atoms with Crippen molar-refractivity contribution >= 4 is 27.6 Å². The molecule has 0 aliphatic rings. The molecule has 1 unspecified atom stereocenters. The molecule has 0 radical (unpaired) electrons. The van der Waals surface area contributed by atoms with Crippen LogP contribution in [0.2, 0.25) is 0 Å². The number of benzene rings is 1. The lowest BCUT2D eigenvalue weighted by atomic mass is 10.1. The number of carbonyl (C=O) groups is 2. The van der Waals surface area contributed by atoms with E-state index in [0.717, 1.165) is 6.92 Å². The Kier molecular flexibility index (Phi) is 5.68. The van der Waals surface area contributed by atoms with Crippen LogP contribution in [0.1, 0.15) is 17.3 Å². The van der Waals surface area contributed by atoms with E-state index in [9.17, 15) is 18.0 Å². The number of hydrogen-bond donors (Lipinski definition) is 4. The van der Waals surface area contributed by atoms with E-state index in [-0.39, 0.29) is 24.3 Å². The Bertz CT molecular complexity index is 630. The second-order valence-corrected chi connectivity index (χ2v) is 6.22. The highest BCUT2D eigenvalue weighted by Crippen LogP contribution is 2.18. The zero-order valence-corrected chi connectivity index (χ0v) is 12.2. The van der Waals surface area contributed by atoms with Crippen molar-refractivity contribution in [1.29, 1.82) is 0 Å². The number of para-hydroxylation sites is 1. The van der Waals surface area contributed by atoms with Crippen LogP contribution in [-0.2, 0) is 14.8 Å². The molecule has 9 heteroatoms. The standard InChI is InChI=1S/C12H17N3O5S/c1-8(12(17)18)21(19,20)15-10-5-3-2-4-9(10)11(16)14-7-6-13/h2-5,8,15H,6-7,13H2,1H3,(H,14,16)(H,17,18). The second-order valence-electron chi connectivity index (χ2n) is 4.22. The maximum Gasteiger partial charge on any atom is 0.323 e. The highest BCUT2D eigenvalue weighted by Gasteiger charge is 2.28. The summed E-state index contributed by atoms with van der Waals surface area (Å²) in [4.78, 5) is 22.7. The molecule has 0 saturated heterocycles. The van der Waals surface area contributed by atoms with Gasteiger partial charge >= 0.3 is 5.97 Å². The fourth-order valence-corrected chi connectivity index (χ4v) is 2.35. The van der Waals surface area contributed by atoms with Crippen molar-refractivity contribution in [2.75, 3.05) is 17.8 Å². The van der Waals surface area contributed by atoms with Crippen molar-refractivity contribution in [3.8, 4) is 0 Å². The van der Waals surface area contributed by atoms with E-state index in [4.69, 9.17) is 10.8 Å². The minimum atomic E-state index is -4.14. The lowest BCUT2D eigenvalue weighted by Crippen LogP contribution is -2.33. The van der Waals surface area contributed by atoms with Crippen LogP contribution in [0.4, 0.5) is 5.69 Å². The van der Waals surface area contributed by atoms with E-state index in [2.05, 4.69) is 10.0 Å². The average molecular weight is 315 g/mol. The molecule has 0 fully saturated rings. The molecule has 1 aromatic rings. The molecule has 0 bridgehead atoms. The third kappa shape index (κ3) is 4.43. The third-order valence-corrected chi connectivity index (χ3v) is 4.30. The van der Waals surface area contributed by atoms with Crippen LogP contribution in [0.3, 0.4) is 0 Å². The Morgan fingerprint density at radius 2 is 1.95 bits per heavy atom. The fraction of sp³-hybridized carbons (Fsp3) is 0.333. The lowest BCUT2D eigenvalue weighted by Gasteiger charge is -2.14. The maximum absolute atomic E-state index is 11.9. The molecular weight excluding hydrogens is 298 g/mol. The smallest absolute Gasteiger partial charge is 0.323 e. The van der Waals surface area contributed by atoms with E-state index < -0.39 is 27.1 Å². The molecule has 8 nitrogen and oxygen atoms in total. The van der Waals surface area contributed by atoms with Crippen LogP contribution in [0.25, 0.3) is 0 Å². The first kappa shape index (κ1) is 16.9. The zero-order chi connectivity index (χ0) is 16.0. The predicted octanol–water partition coefficient (Wildman–Crippen LogP) is -0.410. The fourth-order valence-electron chi connectivity index (χ4n) is 1.43. The van der Waals surface area contributed by atoms with Gasteiger partial charge in [0.25, 0.3) is 5.91 Å². The summed E-state index contributed by atoms with van der Waals surface area (Å²) >= 11 is 0. The number of rotatable bonds is 7. The maximum atomic E-state index is 11.9. The summed E-state index contributed by atoms with van der Waals surface area (Å²) in [5.74, 6) is -1.98. The van der Waals surface area contributed by atoms with Crippen LogP contribution < -0.4 is 15.8 Å². The summed E-state index contributed by atoms with van der Waals surface area (Å²) in [7, 11) is -4.14. The number of carboxylic acid groups (broad SMARTS) is 1. The first-order valence-corrected chi connectivity index (χ1v) is 7.66. The van der Waals surface area contributed by atoms with E-state index in [1.807, 2.05) is 0 Å². The normalized spacial score (nSPS) is 12.5. The molecule has 0 saturated carbocycles. The molecule has 1 atom stereocenters. The highest BCUT2D eigenvalue weighted by molar-refractivity contribution is 7.94. The Labute approximate surface area is 122 Å². The molecule has 1 rings (SSSR count). The number of hydrogen-bond acceptors (Lipinski definition) is 5. The summed E-state index contributed by atoms with van der Waals surface area (Å²) in [5.41, 5.74) is 5.38. The van der Waals surface area contributed by atoms with Gasteiger partial charge in [-0.3, -0.25) is 14.3 Å². The monoisotopic (exact) mass is 315 g/mol. The number of sulfonamides is 1. The second kappa shape index (κ2) is 7.04. The summed E-state index contributed by atoms with van der Waals surface area (Å²) in [6.45, 7) is 1.53. The molecule has 0 spiro atoms. The van der Waals surface area contributed by atoms with Crippen molar-refractivity contribution in [3.05, 3.63) is 29.8 Å². The van der Waals surface area contributed by atoms with Gasteiger partial charge < -0.3 is 16.2 Å². The molecule has 1 amide bonds. The van der Waals surface area contributed by atoms with Crippen LogP contribution >= 0.6 is 0 Å². The molecule has 5 N–H and O–H groups in total. The van der Waals surface area contributed by atoms with E-state index in [0.29, 0.717) is 0 Å². The minimum Gasteiger partial charge on any atom is -0.480 e. The van der Waals surface area contributed by atoms with Gasteiger partial charge in [-0.15, -0.1) is 0 Å². The Balaban J connectivity index is 3.04. The Morgan fingerprint density at radius 1 is 1.33 bits per heavy atom. The van der Waals surface area contributed by atoms with Gasteiger partial charge in [-0.25, -0.2) is 8.42 Å². The Morgan fingerprint density at radius 3 is 2.52 bits per heavy atom. The van der Waals surface area contributed by atoms with E-state index in [1.54, 1.807) is 6.07 Å². The van der Waals surface area contributed by atoms with Crippen molar-refractivity contribution in [1.82, 2.24) is 5.32 Å². The topological polar surface area (TPSA) is 139 Å². The van der Waals surface area contributed by atoms with Crippen LogP contribution in [-0.4, -0.2) is 43.7 Å². The quantitative estimate of drug-likeness (QED) is 0.539. The van der Waals surface area contributed by atoms with Crippen molar-refractivity contribution in [2.45, 2.75) is 12.2 Å². The van der Waals surface area contributed by atoms with Crippen LogP contribution in [0.15, 0.2) is 24.3 Å². The molecule has 0 aromatic heterocycles. The van der Waals surface area contributed by atoms with Gasteiger partial charge in [-0.1, -0.05) is 12.1 Å². The number of carbonyl (C=O) groups excluding carboxylic acids is 1. The summed E-state index contributed by atoms with van der Waals surface area (Å²) < 4.78 is 25.9. The van der Waals surface area contributed by atoms with Crippen LogP contribution in [0, 0.1) is 0 Å². The van der Waals surface area contributed by atoms with Gasteiger partial charge in [0.15, 0.2) is 5.25 Å². The average Bonchev–Trinajstić information content (AvgIpc) is 2.43. The third-order valence-electron chi connectivity index (χ3n) is 2.67. The number of aliphatic carboxylic acids is 1. The number of carboxylic acids is 1. The Hall–Kier alpha value is -2.13. The van der Waals surface area contributed by atoms with Gasteiger partial charge in [0.05, 0.1) is 11.3 Å². The first-order chi connectivity index (χ1) is 9.79. The van der Waals surface area contributed by atoms with Gasteiger partial charge in [0.1, 0.15) is 0 Å². The van der Waals surface area contributed by atoms with Crippen molar-refractivity contribution in [3.63, 3.8) is 0 Å². The minimum absolute atomic E-state index is 0.0140. The predicted molar refractivity (Wildman–Crippen MR) is 77.5 cm³/mol. The molecule has 0 aliphatic heterocycles. The first-order valence-electron chi connectivity index (χ1n) is 6.11. The van der Waals surface area contributed by atoms with Crippen molar-refractivity contribution in [2.24, 2.45) is 5.73 Å². The molecular formula is C12H17N3O5S. The SMILES string of the molecule is CC(C(=O)O)S(=O)(=O)Nc1ccccc1C(=O)NCCN.